The molecule has 0 bridgehead atoms. The fourth-order valence-electron chi connectivity index (χ4n) is 1.58. The molecule has 0 radical (unpaired) electrons. The molecule has 0 saturated carbocycles. The van der Waals surface area contributed by atoms with E-state index in [1.54, 1.807) is 6.92 Å². The van der Waals surface area contributed by atoms with Gasteiger partial charge in [-0.1, -0.05) is 13.5 Å². The van der Waals surface area contributed by atoms with Crippen LogP contribution >= 0.6 is 0 Å². The topological polar surface area (TPSA) is 48.1 Å². The molecule has 0 aromatic carbocycles. The van der Waals surface area contributed by atoms with E-state index < -0.39 is 0 Å². The van der Waals surface area contributed by atoms with E-state index in [0.29, 0.717) is 31.0 Å². The second kappa shape index (κ2) is 8.27. The zero-order valence-corrected chi connectivity index (χ0v) is 11.4. The van der Waals surface area contributed by atoms with Gasteiger partial charge in [0.05, 0.1) is 25.9 Å². The molecule has 1 aliphatic heterocycles. The Bertz CT molecular complexity index is 271. The van der Waals surface area contributed by atoms with Crippen LogP contribution in [-0.4, -0.2) is 38.0 Å². The Morgan fingerprint density at radius 1 is 1.50 bits per heavy atom. The number of hydrogen-bond donors (Lipinski definition) is 0. The largest absolute Gasteiger partial charge is 0.462 e. The van der Waals surface area contributed by atoms with Crippen molar-refractivity contribution in [3.8, 4) is 0 Å². The lowest BCUT2D eigenvalue weighted by molar-refractivity contribution is -0.139. The van der Waals surface area contributed by atoms with Crippen LogP contribution in [0.2, 0.25) is 0 Å². The van der Waals surface area contributed by atoms with Crippen molar-refractivity contribution in [3.63, 3.8) is 0 Å². The normalized spacial score (nSPS) is 19.3. The Hall–Kier alpha value is -0.870. The van der Waals surface area contributed by atoms with Crippen molar-refractivity contribution in [2.24, 2.45) is 0 Å². The number of carbonyl (C=O) groups is 1. The summed E-state index contributed by atoms with van der Waals surface area (Å²) in [6.45, 7) is 9.33. The van der Waals surface area contributed by atoms with Gasteiger partial charge in [0.1, 0.15) is 6.10 Å². The fraction of sp³-hybridized carbons (Fsp3) is 0.786. The second-order valence-corrected chi connectivity index (χ2v) is 4.73. The molecule has 1 heterocycles. The predicted molar refractivity (Wildman–Crippen MR) is 69.4 cm³/mol. The second-order valence-electron chi connectivity index (χ2n) is 4.73. The standard InChI is InChI=1S/C14H24O4/c1-4-12(17-9-13-10-18-13)7-5-6-8-16-14(15)11(2)3/h12-13H,2,4-10H2,1,3H3. The van der Waals surface area contributed by atoms with E-state index in [9.17, 15) is 4.79 Å². The minimum absolute atomic E-state index is 0.297. The van der Waals surface area contributed by atoms with E-state index in [-0.39, 0.29) is 5.97 Å². The molecule has 1 fully saturated rings. The highest BCUT2D eigenvalue weighted by atomic mass is 16.6. The molecule has 0 spiro atoms. The van der Waals surface area contributed by atoms with Crippen molar-refractivity contribution < 1.29 is 19.0 Å². The van der Waals surface area contributed by atoms with Gasteiger partial charge in [-0.2, -0.15) is 0 Å². The molecule has 104 valence electrons. The van der Waals surface area contributed by atoms with Gasteiger partial charge in [0.15, 0.2) is 0 Å². The van der Waals surface area contributed by atoms with Gasteiger partial charge in [-0.15, -0.1) is 0 Å². The van der Waals surface area contributed by atoms with Gasteiger partial charge in [0.25, 0.3) is 0 Å². The molecule has 0 amide bonds. The Morgan fingerprint density at radius 2 is 2.22 bits per heavy atom. The zero-order chi connectivity index (χ0) is 13.4. The lowest BCUT2D eigenvalue weighted by Crippen LogP contribution is -2.15. The molecule has 1 rings (SSSR count). The summed E-state index contributed by atoms with van der Waals surface area (Å²) < 4.78 is 15.9. The molecule has 0 aromatic rings. The predicted octanol–water partition coefficient (Wildman–Crippen LogP) is 2.47. The SMILES string of the molecule is C=C(C)C(=O)OCCCCC(CC)OCC1CO1. The summed E-state index contributed by atoms with van der Waals surface area (Å²) in [5, 5.41) is 0. The van der Waals surface area contributed by atoms with Crippen molar-refractivity contribution in [3.05, 3.63) is 12.2 Å². The lowest BCUT2D eigenvalue weighted by Gasteiger charge is -2.15. The molecule has 4 heteroatoms. The summed E-state index contributed by atoms with van der Waals surface area (Å²) in [6, 6.07) is 0. The first-order chi connectivity index (χ1) is 8.63. The van der Waals surface area contributed by atoms with Gasteiger partial charge >= 0.3 is 5.97 Å². The highest BCUT2D eigenvalue weighted by Gasteiger charge is 2.23. The molecule has 1 aliphatic rings. The molecular formula is C14H24O4. The Morgan fingerprint density at radius 3 is 2.78 bits per heavy atom. The third kappa shape index (κ3) is 6.77. The summed E-state index contributed by atoms with van der Waals surface area (Å²) in [7, 11) is 0. The number of rotatable bonds is 10. The summed E-state index contributed by atoms with van der Waals surface area (Å²) in [6.07, 6.45) is 4.53. The molecule has 1 saturated heterocycles. The Labute approximate surface area is 109 Å². The number of epoxide rings is 1. The highest BCUT2D eigenvalue weighted by molar-refractivity contribution is 5.86. The minimum atomic E-state index is -0.302. The maximum absolute atomic E-state index is 11.1. The van der Waals surface area contributed by atoms with Crippen molar-refractivity contribution in [1.82, 2.24) is 0 Å². The molecular weight excluding hydrogens is 232 g/mol. The minimum Gasteiger partial charge on any atom is -0.462 e. The summed E-state index contributed by atoms with van der Waals surface area (Å²) in [5.41, 5.74) is 0.453. The molecule has 4 nitrogen and oxygen atoms in total. The summed E-state index contributed by atoms with van der Waals surface area (Å²) >= 11 is 0. The highest BCUT2D eigenvalue weighted by Crippen LogP contribution is 2.14. The van der Waals surface area contributed by atoms with Crippen LogP contribution in [0.4, 0.5) is 0 Å². The van der Waals surface area contributed by atoms with Crippen molar-refractivity contribution in [2.45, 2.75) is 51.7 Å². The van der Waals surface area contributed by atoms with E-state index in [2.05, 4.69) is 13.5 Å². The number of esters is 1. The zero-order valence-electron chi connectivity index (χ0n) is 11.4. The van der Waals surface area contributed by atoms with Gasteiger partial charge in [-0.05, 0) is 32.6 Å². The van der Waals surface area contributed by atoms with Gasteiger partial charge in [-0.25, -0.2) is 4.79 Å². The number of hydrogen-bond acceptors (Lipinski definition) is 4. The van der Waals surface area contributed by atoms with Crippen LogP contribution in [0.5, 0.6) is 0 Å². The van der Waals surface area contributed by atoms with E-state index >= 15 is 0 Å². The lowest BCUT2D eigenvalue weighted by atomic mass is 10.1. The van der Waals surface area contributed by atoms with Crippen LogP contribution in [0.25, 0.3) is 0 Å². The average molecular weight is 256 g/mol. The quantitative estimate of drug-likeness (QED) is 0.261. The Balaban J connectivity index is 1.97. The van der Waals surface area contributed by atoms with Crippen LogP contribution in [-0.2, 0) is 19.0 Å². The van der Waals surface area contributed by atoms with Gasteiger partial charge in [0.2, 0.25) is 0 Å². The van der Waals surface area contributed by atoms with Crippen LogP contribution in [0.15, 0.2) is 12.2 Å². The molecule has 2 atom stereocenters. The summed E-state index contributed by atoms with van der Waals surface area (Å²) in [4.78, 5) is 11.1. The number of ether oxygens (including phenoxy) is 3. The third-order valence-corrected chi connectivity index (χ3v) is 2.88. The van der Waals surface area contributed by atoms with Gasteiger partial charge in [-0.3, -0.25) is 0 Å². The fourth-order valence-corrected chi connectivity index (χ4v) is 1.58. The van der Waals surface area contributed by atoms with Crippen molar-refractivity contribution >= 4 is 5.97 Å². The average Bonchev–Trinajstić information content (AvgIpc) is 3.16. The van der Waals surface area contributed by atoms with Gasteiger partial charge < -0.3 is 14.2 Å². The van der Waals surface area contributed by atoms with Crippen molar-refractivity contribution in [2.75, 3.05) is 19.8 Å². The van der Waals surface area contributed by atoms with Crippen LogP contribution in [0.1, 0.15) is 39.5 Å². The number of carbonyl (C=O) groups excluding carboxylic acids is 1. The number of unbranched alkanes of at least 4 members (excludes halogenated alkanes) is 1. The molecule has 0 aliphatic carbocycles. The van der Waals surface area contributed by atoms with Gasteiger partial charge in [0, 0.05) is 5.57 Å². The van der Waals surface area contributed by atoms with E-state index in [0.717, 1.165) is 32.3 Å². The van der Waals surface area contributed by atoms with Crippen molar-refractivity contribution in [1.29, 1.82) is 0 Å². The van der Waals surface area contributed by atoms with Crippen LogP contribution in [0, 0.1) is 0 Å². The maximum atomic E-state index is 11.1. The monoisotopic (exact) mass is 256 g/mol. The first-order valence-corrected chi connectivity index (χ1v) is 6.69. The first kappa shape index (κ1) is 15.2. The Kier molecular flexibility index (Phi) is 6.98. The van der Waals surface area contributed by atoms with Crippen LogP contribution < -0.4 is 0 Å². The molecule has 18 heavy (non-hydrogen) atoms. The molecule has 0 aromatic heterocycles. The molecule has 2 unspecified atom stereocenters. The van der Waals surface area contributed by atoms with Crippen LogP contribution in [0.3, 0.4) is 0 Å². The molecule has 0 N–H and O–H groups in total. The first-order valence-electron chi connectivity index (χ1n) is 6.69. The van der Waals surface area contributed by atoms with E-state index in [1.807, 2.05) is 0 Å². The summed E-state index contributed by atoms with van der Waals surface area (Å²) in [5.74, 6) is -0.302. The smallest absolute Gasteiger partial charge is 0.333 e. The van der Waals surface area contributed by atoms with E-state index in [4.69, 9.17) is 14.2 Å². The van der Waals surface area contributed by atoms with E-state index in [1.165, 1.54) is 0 Å². The third-order valence-electron chi connectivity index (χ3n) is 2.88. The maximum Gasteiger partial charge on any atom is 0.333 e.